The van der Waals surface area contributed by atoms with Gasteiger partial charge in [-0.2, -0.15) is 0 Å². The minimum atomic E-state index is -1.42. The molecule has 0 aliphatic carbocycles. The third-order valence-electron chi connectivity index (χ3n) is 5.25. The Balaban J connectivity index is 1.76. The highest BCUT2D eigenvalue weighted by Gasteiger charge is 2.53. The predicted molar refractivity (Wildman–Crippen MR) is 104 cm³/mol. The smallest absolute Gasteiger partial charge is 0.345 e. The summed E-state index contributed by atoms with van der Waals surface area (Å²) in [7, 11) is 0. The lowest BCUT2D eigenvalue weighted by Gasteiger charge is -2.36. The maximum Gasteiger partial charge on any atom is 0.345 e. The van der Waals surface area contributed by atoms with E-state index in [2.05, 4.69) is 4.74 Å². The van der Waals surface area contributed by atoms with E-state index in [-0.39, 0.29) is 34.1 Å². The van der Waals surface area contributed by atoms with Gasteiger partial charge in [0.05, 0.1) is 11.1 Å². The second kappa shape index (κ2) is 6.33. The zero-order valence-corrected chi connectivity index (χ0v) is 16.0. The molecule has 0 amide bonds. The number of carbonyl (C=O) groups is 3. The third kappa shape index (κ3) is 2.65. The average Bonchev–Trinajstić information content (AvgIpc) is 2.99. The summed E-state index contributed by atoms with van der Waals surface area (Å²) in [6.07, 6.45) is 0. The average molecular weight is 418 g/mol. The second-order valence-electron chi connectivity index (χ2n) is 7.18. The summed E-state index contributed by atoms with van der Waals surface area (Å²) in [5, 5.41) is 19.8. The van der Waals surface area contributed by atoms with Gasteiger partial charge in [-0.25, -0.2) is 9.59 Å². The Morgan fingerprint density at radius 3 is 2.03 bits per heavy atom. The molecule has 0 saturated heterocycles. The third-order valence-corrected chi connectivity index (χ3v) is 5.25. The number of hydrogen-bond donors (Lipinski definition) is 2. The molecule has 0 unspecified atom stereocenters. The molecule has 0 radical (unpaired) electrons. The van der Waals surface area contributed by atoms with Crippen molar-refractivity contribution in [1.29, 1.82) is 0 Å². The molecule has 0 saturated carbocycles. The quantitative estimate of drug-likeness (QED) is 0.456. The fourth-order valence-electron chi connectivity index (χ4n) is 4.02. The molecule has 3 aromatic carbocycles. The van der Waals surface area contributed by atoms with Gasteiger partial charge in [-0.05, 0) is 36.4 Å². The summed E-state index contributed by atoms with van der Waals surface area (Å²) < 4.78 is 16.4. The molecular weight excluding hydrogens is 404 g/mol. The van der Waals surface area contributed by atoms with E-state index in [9.17, 15) is 24.6 Å². The van der Waals surface area contributed by atoms with Gasteiger partial charge in [-0.3, -0.25) is 4.79 Å². The maximum absolute atomic E-state index is 12.9. The van der Waals surface area contributed by atoms with Gasteiger partial charge in [0.25, 0.3) is 0 Å². The molecule has 31 heavy (non-hydrogen) atoms. The van der Waals surface area contributed by atoms with Crippen LogP contribution in [0.1, 0.15) is 44.3 Å². The summed E-state index contributed by atoms with van der Waals surface area (Å²) >= 11 is 0. The van der Waals surface area contributed by atoms with Gasteiger partial charge in [0, 0.05) is 35.7 Å². The van der Waals surface area contributed by atoms with E-state index in [1.165, 1.54) is 36.4 Å². The molecule has 0 bridgehead atoms. The van der Waals surface area contributed by atoms with Gasteiger partial charge in [0.1, 0.15) is 23.0 Å². The van der Waals surface area contributed by atoms with E-state index in [4.69, 9.17) is 9.47 Å². The van der Waals surface area contributed by atoms with Crippen LogP contribution in [0.3, 0.4) is 0 Å². The first-order valence-electron chi connectivity index (χ1n) is 9.25. The number of phenols is 2. The minimum absolute atomic E-state index is 0.0202. The topological polar surface area (TPSA) is 119 Å². The molecule has 2 aliphatic heterocycles. The highest BCUT2D eigenvalue weighted by molar-refractivity contribution is 6.02. The van der Waals surface area contributed by atoms with E-state index in [0.717, 1.165) is 6.92 Å². The van der Waals surface area contributed by atoms with Gasteiger partial charge >= 0.3 is 17.9 Å². The Hall–Kier alpha value is -4.33. The summed E-state index contributed by atoms with van der Waals surface area (Å²) in [5.41, 5.74) is 0.105. The lowest BCUT2D eigenvalue weighted by atomic mass is 9.77. The fourth-order valence-corrected chi connectivity index (χ4v) is 4.02. The van der Waals surface area contributed by atoms with Crippen LogP contribution < -0.4 is 4.74 Å². The zero-order chi connectivity index (χ0) is 21.9. The van der Waals surface area contributed by atoms with E-state index < -0.39 is 23.5 Å². The highest BCUT2D eigenvalue weighted by atomic mass is 16.6. The van der Waals surface area contributed by atoms with Crippen LogP contribution >= 0.6 is 0 Å². The molecule has 5 rings (SSSR count). The maximum atomic E-state index is 12.9. The monoisotopic (exact) mass is 418 g/mol. The van der Waals surface area contributed by atoms with Crippen LogP contribution in [0, 0.1) is 0 Å². The van der Waals surface area contributed by atoms with Gasteiger partial charge in [-0.15, -0.1) is 0 Å². The van der Waals surface area contributed by atoms with Crippen molar-refractivity contribution in [2.45, 2.75) is 12.5 Å². The molecular formula is C23H14O8. The van der Waals surface area contributed by atoms with Crippen LogP contribution in [0.15, 0.2) is 54.6 Å². The van der Waals surface area contributed by atoms with Gasteiger partial charge in [0.2, 0.25) is 0 Å². The summed E-state index contributed by atoms with van der Waals surface area (Å²) in [5.74, 6) is -1.94. The number of aromatic hydroxyl groups is 2. The summed E-state index contributed by atoms with van der Waals surface area (Å²) in [6, 6.07) is 13.1. The number of hydrogen-bond acceptors (Lipinski definition) is 8. The fraction of sp³-hybridized carbons (Fsp3) is 0.0870. The minimum Gasteiger partial charge on any atom is -0.508 e. The molecule has 0 fully saturated rings. The van der Waals surface area contributed by atoms with Crippen LogP contribution in [0.4, 0.5) is 0 Å². The van der Waals surface area contributed by atoms with Crippen LogP contribution in [0.25, 0.3) is 0 Å². The Labute approximate surface area is 175 Å². The van der Waals surface area contributed by atoms with E-state index in [1.807, 2.05) is 0 Å². The molecule has 154 valence electrons. The number of ether oxygens (including phenoxy) is 3. The standard InChI is InChI=1S/C23H14O8/c1-11(24)29-21(27)12-2-5-16-15(8-12)22(28)31-23(16)17-6-3-13(25)9-19(17)30-20-10-14(26)4-7-18(20)23/h2-10,25-26H,1H3. The van der Waals surface area contributed by atoms with Gasteiger partial charge in [-0.1, -0.05) is 6.07 Å². The largest absolute Gasteiger partial charge is 0.508 e. The second-order valence-corrected chi connectivity index (χ2v) is 7.18. The number of carbonyl (C=O) groups excluding carboxylic acids is 3. The van der Waals surface area contributed by atoms with Crippen molar-refractivity contribution < 1.29 is 38.8 Å². The van der Waals surface area contributed by atoms with Crippen molar-refractivity contribution in [1.82, 2.24) is 0 Å². The van der Waals surface area contributed by atoms with Crippen LogP contribution in [0.5, 0.6) is 23.0 Å². The normalized spacial score (nSPS) is 14.7. The molecule has 8 nitrogen and oxygen atoms in total. The van der Waals surface area contributed by atoms with E-state index in [0.29, 0.717) is 16.7 Å². The molecule has 2 N–H and O–H groups in total. The Morgan fingerprint density at radius 1 is 0.871 bits per heavy atom. The first-order valence-corrected chi connectivity index (χ1v) is 9.25. The van der Waals surface area contributed by atoms with Gasteiger partial charge < -0.3 is 24.4 Å². The zero-order valence-electron chi connectivity index (χ0n) is 16.0. The Bertz CT molecular complexity index is 1260. The van der Waals surface area contributed by atoms with Crippen molar-refractivity contribution >= 4 is 17.9 Å². The number of esters is 3. The molecule has 8 heteroatoms. The molecule has 0 aromatic heterocycles. The van der Waals surface area contributed by atoms with Crippen molar-refractivity contribution in [2.75, 3.05) is 0 Å². The van der Waals surface area contributed by atoms with Crippen molar-refractivity contribution in [3.8, 4) is 23.0 Å². The van der Waals surface area contributed by atoms with Crippen LogP contribution in [-0.2, 0) is 19.9 Å². The van der Waals surface area contributed by atoms with Crippen LogP contribution in [-0.4, -0.2) is 28.1 Å². The number of rotatable bonds is 1. The first kappa shape index (κ1) is 18.7. The Morgan fingerprint density at radius 2 is 1.45 bits per heavy atom. The number of phenolic OH excluding ortho intramolecular Hbond substituents is 2. The number of fused-ring (bicyclic) bond motifs is 6. The summed E-state index contributed by atoms with van der Waals surface area (Å²) in [4.78, 5) is 36.1. The van der Waals surface area contributed by atoms with E-state index >= 15 is 0 Å². The van der Waals surface area contributed by atoms with Crippen molar-refractivity contribution in [3.05, 3.63) is 82.4 Å². The molecule has 0 atom stereocenters. The molecule has 2 heterocycles. The van der Waals surface area contributed by atoms with Crippen LogP contribution in [0.2, 0.25) is 0 Å². The van der Waals surface area contributed by atoms with E-state index in [1.54, 1.807) is 18.2 Å². The SMILES string of the molecule is CC(=O)OC(=O)c1ccc2c(c1)C(=O)OC21c2ccc(O)cc2Oc2cc(O)ccc21. The summed E-state index contributed by atoms with van der Waals surface area (Å²) in [6.45, 7) is 1.11. The van der Waals surface area contributed by atoms with Gasteiger partial charge in [0.15, 0.2) is 5.60 Å². The predicted octanol–water partition coefficient (Wildman–Crippen LogP) is 3.37. The highest BCUT2D eigenvalue weighted by Crippen LogP contribution is 2.57. The molecule has 2 aliphatic rings. The lowest BCUT2D eigenvalue weighted by molar-refractivity contribution is -0.135. The van der Waals surface area contributed by atoms with Crippen molar-refractivity contribution in [2.24, 2.45) is 0 Å². The number of benzene rings is 3. The molecule has 1 spiro atoms. The molecule has 3 aromatic rings. The first-order chi connectivity index (χ1) is 14.8. The lowest BCUT2D eigenvalue weighted by Crippen LogP contribution is -2.32. The Kier molecular flexibility index (Phi) is 3.82. The van der Waals surface area contributed by atoms with Crippen molar-refractivity contribution in [3.63, 3.8) is 0 Å².